The van der Waals surface area contributed by atoms with Crippen molar-refractivity contribution in [1.82, 2.24) is 5.32 Å². The van der Waals surface area contributed by atoms with Crippen molar-refractivity contribution >= 4 is 17.5 Å². The number of nitrogens with one attached hydrogen (secondary N) is 1. The second-order valence-electron chi connectivity index (χ2n) is 3.07. The quantitative estimate of drug-likeness (QED) is 0.363. The predicted molar refractivity (Wildman–Crippen MR) is 62.2 cm³/mol. The van der Waals surface area contributed by atoms with Gasteiger partial charge in [0.2, 0.25) is 5.91 Å². The van der Waals surface area contributed by atoms with Crippen LogP contribution in [0.2, 0.25) is 5.02 Å². The minimum Gasteiger partial charge on any atom is -0.356 e. The van der Waals surface area contributed by atoms with E-state index in [0.29, 0.717) is 11.6 Å². The molecular weight excluding hydrogens is 228 g/mol. The van der Waals surface area contributed by atoms with E-state index in [1.54, 1.807) is 12.1 Å². The van der Waals surface area contributed by atoms with Gasteiger partial charge in [-0.1, -0.05) is 34.9 Å². The average molecular weight is 239 g/mol. The Balaban J connectivity index is 2.40. The van der Waals surface area contributed by atoms with E-state index in [2.05, 4.69) is 15.3 Å². The zero-order valence-electron chi connectivity index (χ0n) is 8.56. The molecule has 5 nitrogen and oxygen atoms in total. The van der Waals surface area contributed by atoms with Gasteiger partial charge in [-0.25, -0.2) is 0 Å². The number of rotatable bonds is 5. The summed E-state index contributed by atoms with van der Waals surface area (Å²) in [7, 11) is 0. The number of carbonyl (C=O) groups excluding carboxylic acids is 1. The van der Waals surface area contributed by atoms with Gasteiger partial charge in [0.15, 0.2) is 0 Å². The fraction of sp³-hybridized carbons (Fsp3) is 0.300. The number of benzene rings is 1. The van der Waals surface area contributed by atoms with Crippen LogP contribution in [0.15, 0.2) is 29.4 Å². The molecule has 1 amide bonds. The third kappa shape index (κ3) is 4.21. The standard InChI is InChI=1S/C10H11ClN4O/c11-9-4-2-1-3-8(9)7-10(16)13-5-6-14-15-12/h1-4H,5-7H2,(H,13,16). The molecule has 84 valence electrons. The Hall–Kier alpha value is -1.71. The molecule has 0 heterocycles. The van der Waals surface area contributed by atoms with Gasteiger partial charge >= 0.3 is 0 Å². The molecule has 0 fully saturated rings. The summed E-state index contributed by atoms with van der Waals surface area (Å²) in [4.78, 5) is 14.0. The maximum Gasteiger partial charge on any atom is 0.224 e. The molecule has 0 spiro atoms. The zero-order valence-corrected chi connectivity index (χ0v) is 9.31. The van der Waals surface area contributed by atoms with E-state index in [9.17, 15) is 4.79 Å². The first-order valence-corrected chi connectivity index (χ1v) is 5.13. The smallest absolute Gasteiger partial charge is 0.224 e. The molecule has 0 unspecified atom stereocenters. The summed E-state index contributed by atoms with van der Waals surface area (Å²) in [5, 5.41) is 6.52. The van der Waals surface area contributed by atoms with Crippen molar-refractivity contribution in [3.05, 3.63) is 45.3 Å². The summed E-state index contributed by atoms with van der Waals surface area (Å²) >= 11 is 5.91. The van der Waals surface area contributed by atoms with Crippen LogP contribution < -0.4 is 5.32 Å². The van der Waals surface area contributed by atoms with Crippen LogP contribution >= 0.6 is 11.6 Å². The molecule has 0 saturated carbocycles. The molecule has 0 aliphatic heterocycles. The lowest BCUT2D eigenvalue weighted by atomic mass is 10.1. The van der Waals surface area contributed by atoms with Gasteiger partial charge in [0, 0.05) is 23.0 Å². The minimum atomic E-state index is -0.138. The molecule has 1 rings (SSSR count). The molecule has 0 aromatic heterocycles. The van der Waals surface area contributed by atoms with Gasteiger partial charge in [-0.3, -0.25) is 4.79 Å². The fourth-order valence-electron chi connectivity index (χ4n) is 1.17. The molecule has 0 radical (unpaired) electrons. The highest BCUT2D eigenvalue weighted by Crippen LogP contribution is 2.14. The Morgan fingerprint density at radius 2 is 2.25 bits per heavy atom. The number of hydrogen-bond acceptors (Lipinski definition) is 2. The predicted octanol–water partition coefficient (Wildman–Crippen LogP) is 2.31. The van der Waals surface area contributed by atoms with E-state index < -0.39 is 0 Å². The first-order valence-electron chi connectivity index (χ1n) is 4.75. The van der Waals surface area contributed by atoms with E-state index >= 15 is 0 Å². The average Bonchev–Trinajstić information content (AvgIpc) is 2.28. The maximum atomic E-state index is 11.4. The second kappa shape index (κ2) is 6.71. The molecule has 1 N–H and O–H groups in total. The van der Waals surface area contributed by atoms with Gasteiger partial charge in [0.25, 0.3) is 0 Å². The lowest BCUT2D eigenvalue weighted by Crippen LogP contribution is -2.27. The monoisotopic (exact) mass is 238 g/mol. The van der Waals surface area contributed by atoms with Gasteiger partial charge in [0.1, 0.15) is 0 Å². The van der Waals surface area contributed by atoms with Crippen molar-refractivity contribution in [2.45, 2.75) is 6.42 Å². The fourth-order valence-corrected chi connectivity index (χ4v) is 1.37. The Kier molecular flexibility index (Phi) is 5.19. The summed E-state index contributed by atoms with van der Waals surface area (Å²) in [5.74, 6) is -0.138. The van der Waals surface area contributed by atoms with Crippen molar-refractivity contribution in [3.63, 3.8) is 0 Å². The van der Waals surface area contributed by atoms with Crippen molar-refractivity contribution in [1.29, 1.82) is 0 Å². The van der Waals surface area contributed by atoms with Crippen LogP contribution in [0, 0.1) is 0 Å². The highest BCUT2D eigenvalue weighted by atomic mass is 35.5. The number of amides is 1. The molecular formula is C10H11ClN4O. The minimum absolute atomic E-state index is 0.138. The van der Waals surface area contributed by atoms with Gasteiger partial charge < -0.3 is 5.32 Å². The van der Waals surface area contributed by atoms with Gasteiger partial charge in [-0.05, 0) is 17.2 Å². The first-order chi connectivity index (χ1) is 7.74. The lowest BCUT2D eigenvalue weighted by molar-refractivity contribution is -0.120. The third-order valence-corrected chi connectivity index (χ3v) is 2.27. The van der Waals surface area contributed by atoms with Crippen molar-refractivity contribution in [2.24, 2.45) is 5.11 Å². The Labute approximate surface area is 98.0 Å². The van der Waals surface area contributed by atoms with Crippen LogP contribution in [0.3, 0.4) is 0 Å². The van der Waals surface area contributed by atoms with Crippen LogP contribution in [0.4, 0.5) is 0 Å². The van der Waals surface area contributed by atoms with Crippen molar-refractivity contribution in [3.8, 4) is 0 Å². The first kappa shape index (κ1) is 12.4. The van der Waals surface area contributed by atoms with E-state index in [1.165, 1.54) is 0 Å². The maximum absolute atomic E-state index is 11.4. The second-order valence-corrected chi connectivity index (χ2v) is 3.48. The molecule has 1 aromatic rings. The largest absolute Gasteiger partial charge is 0.356 e. The molecule has 0 atom stereocenters. The van der Waals surface area contributed by atoms with Crippen molar-refractivity contribution in [2.75, 3.05) is 13.1 Å². The summed E-state index contributed by atoms with van der Waals surface area (Å²) in [5.41, 5.74) is 8.81. The Morgan fingerprint density at radius 1 is 1.50 bits per heavy atom. The molecule has 1 aromatic carbocycles. The Bertz CT molecular complexity index is 415. The number of halogens is 1. The van der Waals surface area contributed by atoms with E-state index in [1.807, 2.05) is 12.1 Å². The van der Waals surface area contributed by atoms with E-state index in [4.69, 9.17) is 17.1 Å². The SMILES string of the molecule is [N-]=[N+]=NCCNC(=O)Cc1ccccc1Cl. The molecule has 0 aliphatic carbocycles. The number of carbonyl (C=O) groups is 1. The summed E-state index contributed by atoms with van der Waals surface area (Å²) in [6.07, 6.45) is 0.232. The topological polar surface area (TPSA) is 77.9 Å². The molecule has 0 bridgehead atoms. The van der Waals surface area contributed by atoms with Crippen LogP contribution in [0.5, 0.6) is 0 Å². The van der Waals surface area contributed by atoms with Gasteiger partial charge in [0.05, 0.1) is 6.42 Å². The zero-order chi connectivity index (χ0) is 11.8. The van der Waals surface area contributed by atoms with Crippen LogP contribution in [0.25, 0.3) is 10.4 Å². The number of hydrogen-bond donors (Lipinski definition) is 1. The number of azide groups is 1. The molecule has 0 aliphatic rings. The summed E-state index contributed by atoms with van der Waals surface area (Å²) in [6.45, 7) is 0.595. The summed E-state index contributed by atoms with van der Waals surface area (Å²) in [6, 6.07) is 7.18. The highest BCUT2D eigenvalue weighted by molar-refractivity contribution is 6.31. The normalized spacial score (nSPS) is 9.31. The Morgan fingerprint density at radius 3 is 2.94 bits per heavy atom. The van der Waals surface area contributed by atoms with Crippen LogP contribution in [-0.4, -0.2) is 19.0 Å². The van der Waals surface area contributed by atoms with Gasteiger partial charge in [-0.15, -0.1) is 0 Å². The van der Waals surface area contributed by atoms with Crippen molar-refractivity contribution < 1.29 is 4.79 Å². The summed E-state index contributed by atoms with van der Waals surface area (Å²) < 4.78 is 0. The number of nitrogens with zero attached hydrogens (tertiary/aromatic N) is 3. The lowest BCUT2D eigenvalue weighted by Gasteiger charge is -2.04. The highest BCUT2D eigenvalue weighted by Gasteiger charge is 2.05. The molecule has 6 heteroatoms. The van der Waals surface area contributed by atoms with E-state index in [-0.39, 0.29) is 18.9 Å². The van der Waals surface area contributed by atoms with Gasteiger partial charge in [-0.2, -0.15) is 0 Å². The van der Waals surface area contributed by atoms with Crippen LogP contribution in [-0.2, 0) is 11.2 Å². The third-order valence-electron chi connectivity index (χ3n) is 1.91. The molecule has 0 saturated heterocycles. The van der Waals surface area contributed by atoms with E-state index in [0.717, 1.165) is 5.56 Å². The van der Waals surface area contributed by atoms with Crippen LogP contribution in [0.1, 0.15) is 5.56 Å². The molecule has 16 heavy (non-hydrogen) atoms.